The summed E-state index contributed by atoms with van der Waals surface area (Å²) in [6, 6.07) is 5.43. The van der Waals surface area contributed by atoms with Gasteiger partial charge in [0.25, 0.3) is 0 Å². The lowest BCUT2D eigenvalue weighted by Crippen LogP contribution is -2.34. The summed E-state index contributed by atoms with van der Waals surface area (Å²) in [5, 5.41) is 1.17. The molecule has 2 rings (SSSR count). The van der Waals surface area contributed by atoms with Crippen molar-refractivity contribution in [1.82, 2.24) is 4.90 Å². The van der Waals surface area contributed by atoms with Crippen LogP contribution in [0.5, 0.6) is 5.75 Å². The molecule has 0 N–H and O–H groups in total. The van der Waals surface area contributed by atoms with E-state index in [9.17, 15) is 0 Å². The van der Waals surface area contributed by atoms with Gasteiger partial charge in [0.1, 0.15) is 0 Å². The Morgan fingerprint density at radius 2 is 2.00 bits per heavy atom. The first-order valence-electron chi connectivity index (χ1n) is 5.92. The van der Waals surface area contributed by atoms with Gasteiger partial charge in [-0.25, -0.2) is 0 Å². The quantitative estimate of drug-likeness (QED) is 0.832. The van der Waals surface area contributed by atoms with Crippen LogP contribution in [0, 0.1) is 5.92 Å². The van der Waals surface area contributed by atoms with Crippen LogP contribution in [0.2, 0.25) is 10.0 Å². The maximum atomic E-state index is 6.06. The molecule has 1 saturated heterocycles. The highest BCUT2D eigenvalue weighted by molar-refractivity contribution is 6.37. The van der Waals surface area contributed by atoms with E-state index in [2.05, 4.69) is 11.9 Å². The first-order valence-corrected chi connectivity index (χ1v) is 6.68. The molecule has 1 aromatic carbocycles. The number of para-hydroxylation sites is 1. The van der Waals surface area contributed by atoms with Gasteiger partial charge in [0.15, 0.2) is 5.75 Å². The van der Waals surface area contributed by atoms with Gasteiger partial charge in [-0.15, -0.1) is 12.4 Å². The summed E-state index contributed by atoms with van der Waals surface area (Å²) in [5.74, 6) is 1.19. The number of likely N-dealkylation sites (tertiary alicyclic amines) is 1. The summed E-state index contributed by atoms with van der Waals surface area (Å²) in [4.78, 5) is 2.34. The minimum absolute atomic E-state index is 0. The van der Waals surface area contributed by atoms with E-state index in [0.717, 1.165) is 6.54 Å². The molecule has 18 heavy (non-hydrogen) atoms. The standard InChI is InChI=1S/C13H17Cl2NO.ClH/c1-16-7-3-4-10(8-16)9-17-13-11(14)5-2-6-12(13)15;/h2,5-6,10H,3-4,7-9H2,1H3;1H. The van der Waals surface area contributed by atoms with Crippen LogP contribution >= 0.6 is 35.6 Å². The van der Waals surface area contributed by atoms with Crippen LogP contribution < -0.4 is 4.74 Å². The minimum Gasteiger partial charge on any atom is -0.490 e. The smallest absolute Gasteiger partial charge is 0.156 e. The molecule has 1 fully saturated rings. The second kappa shape index (κ2) is 7.44. The zero-order chi connectivity index (χ0) is 12.3. The fourth-order valence-electron chi connectivity index (χ4n) is 2.23. The molecule has 0 saturated carbocycles. The van der Waals surface area contributed by atoms with Crippen molar-refractivity contribution >= 4 is 35.6 Å². The molecule has 102 valence electrons. The highest BCUT2D eigenvalue weighted by Gasteiger charge is 2.18. The van der Waals surface area contributed by atoms with Gasteiger partial charge < -0.3 is 9.64 Å². The number of hydrogen-bond donors (Lipinski definition) is 0. The Bertz CT molecular complexity index is 366. The van der Waals surface area contributed by atoms with Gasteiger partial charge in [-0.05, 0) is 38.6 Å². The van der Waals surface area contributed by atoms with Crippen molar-refractivity contribution < 1.29 is 4.74 Å². The fourth-order valence-corrected chi connectivity index (χ4v) is 2.74. The van der Waals surface area contributed by atoms with Crippen LogP contribution in [-0.2, 0) is 0 Å². The number of benzene rings is 1. The highest BCUT2D eigenvalue weighted by Crippen LogP contribution is 2.33. The number of rotatable bonds is 3. The Kier molecular flexibility index (Phi) is 6.58. The van der Waals surface area contributed by atoms with Crippen molar-refractivity contribution in [3.05, 3.63) is 28.2 Å². The van der Waals surface area contributed by atoms with Crippen LogP contribution in [0.4, 0.5) is 0 Å². The third-order valence-corrected chi connectivity index (χ3v) is 3.70. The number of halogens is 3. The molecule has 1 aliphatic heterocycles. The molecule has 1 atom stereocenters. The van der Waals surface area contributed by atoms with Crippen molar-refractivity contribution in [2.75, 3.05) is 26.7 Å². The predicted octanol–water partition coefficient (Wildman–Crippen LogP) is 4.14. The van der Waals surface area contributed by atoms with E-state index in [1.807, 2.05) is 6.07 Å². The molecule has 0 amide bonds. The third-order valence-electron chi connectivity index (χ3n) is 3.10. The Balaban J connectivity index is 0.00000162. The summed E-state index contributed by atoms with van der Waals surface area (Å²) in [5.41, 5.74) is 0. The predicted molar refractivity (Wildman–Crippen MR) is 79.4 cm³/mol. The van der Waals surface area contributed by atoms with E-state index in [0.29, 0.717) is 28.3 Å². The summed E-state index contributed by atoms with van der Waals surface area (Å²) in [6.07, 6.45) is 2.45. The van der Waals surface area contributed by atoms with Crippen LogP contribution in [0.3, 0.4) is 0 Å². The molecule has 0 spiro atoms. The largest absolute Gasteiger partial charge is 0.490 e. The lowest BCUT2D eigenvalue weighted by Gasteiger charge is -2.29. The molecule has 0 aliphatic carbocycles. The molecule has 1 aliphatic rings. The highest BCUT2D eigenvalue weighted by atomic mass is 35.5. The molecular formula is C13H18Cl3NO. The first kappa shape index (κ1) is 15.9. The van der Waals surface area contributed by atoms with Crippen LogP contribution in [0.15, 0.2) is 18.2 Å². The van der Waals surface area contributed by atoms with Crippen molar-refractivity contribution in [3.63, 3.8) is 0 Å². The Labute approximate surface area is 125 Å². The molecule has 1 heterocycles. The third kappa shape index (κ3) is 4.20. The summed E-state index contributed by atoms with van der Waals surface area (Å²) >= 11 is 12.1. The second-order valence-electron chi connectivity index (χ2n) is 4.63. The lowest BCUT2D eigenvalue weighted by atomic mass is 10.00. The number of nitrogens with zero attached hydrogens (tertiary/aromatic N) is 1. The SMILES string of the molecule is CN1CCCC(COc2c(Cl)cccc2Cl)C1.Cl. The van der Waals surface area contributed by atoms with Gasteiger partial charge in [-0.3, -0.25) is 0 Å². The first-order chi connectivity index (χ1) is 8.16. The van der Waals surface area contributed by atoms with E-state index in [-0.39, 0.29) is 12.4 Å². The molecule has 2 nitrogen and oxygen atoms in total. The van der Waals surface area contributed by atoms with Gasteiger partial charge in [0.05, 0.1) is 16.7 Å². The maximum absolute atomic E-state index is 6.06. The van der Waals surface area contributed by atoms with Crippen molar-refractivity contribution in [2.24, 2.45) is 5.92 Å². The summed E-state index contributed by atoms with van der Waals surface area (Å²) in [7, 11) is 2.15. The normalized spacial score (nSPS) is 20.3. The number of hydrogen-bond acceptors (Lipinski definition) is 2. The van der Waals surface area contributed by atoms with E-state index in [4.69, 9.17) is 27.9 Å². The Morgan fingerprint density at radius 1 is 1.33 bits per heavy atom. The van der Waals surface area contributed by atoms with Crippen LogP contribution in [0.1, 0.15) is 12.8 Å². The molecule has 0 bridgehead atoms. The topological polar surface area (TPSA) is 12.5 Å². The zero-order valence-electron chi connectivity index (χ0n) is 10.4. The van der Waals surface area contributed by atoms with Gasteiger partial charge in [0.2, 0.25) is 0 Å². The molecular weight excluding hydrogens is 293 g/mol. The molecule has 5 heteroatoms. The van der Waals surface area contributed by atoms with Gasteiger partial charge in [-0.1, -0.05) is 29.3 Å². The van der Waals surface area contributed by atoms with E-state index in [1.54, 1.807) is 12.1 Å². The van der Waals surface area contributed by atoms with Crippen LogP contribution in [-0.4, -0.2) is 31.6 Å². The monoisotopic (exact) mass is 309 g/mol. The average molecular weight is 311 g/mol. The minimum atomic E-state index is 0. The average Bonchev–Trinajstić information content (AvgIpc) is 2.28. The Morgan fingerprint density at radius 3 is 2.61 bits per heavy atom. The van der Waals surface area contributed by atoms with Crippen molar-refractivity contribution in [1.29, 1.82) is 0 Å². The summed E-state index contributed by atoms with van der Waals surface area (Å²) < 4.78 is 5.76. The van der Waals surface area contributed by atoms with E-state index in [1.165, 1.54) is 19.4 Å². The lowest BCUT2D eigenvalue weighted by molar-refractivity contribution is 0.150. The van der Waals surface area contributed by atoms with Gasteiger partial charge in [0, 0.05) is 12.5 Å². The van der Waals surface area contributed by atoms with Crippen molar-refractivity contribution in [3.8, 4) is 5.75 Å². The second-order valence-corrected chi connectivity index (χ2v) is 5.45. The fraction of sp³-hybridized carbons (Fsp3) is 0.538. The van der Waals surface area contributed by atoms with E-state index < -0.39 is 0 Å². The van der Waals surface area contributed by atoms with Crippen LogP contribution in [0.25, 0.3) is 0 Å². The summed E-state index contributed by atoms with van der Waals surface area (Å²) in [6.45, 7) is 2.96. The maximum Gasteiger partial charge on any atom is 0.156 e. The molecule has 1 aromatic rings. The zero-order valence-corrected chi connectivity index (χ0v) is 12.7. The molecule has 1 unspecified atom stereocenters. The number of piperidine rings is 1. The molecule has 0 aromatic heterocycles. The van der Waals surface area contributed by atoms with Gasteiger partial charge >= 0.3 is 0 Å². The van der Waals surface area contributed by atoms with E-state index >= 15 is 0 Å². The van der Waals surface area contributed by atoms with Gasteiger partial charge in [-0.2, -0.15) is 0 Å². The molecule has 0 radical (unpaired) electrons. The number of ether oxygens (including phenoxy) is 1. The Hall–Kier alpha value is -0.150. The van der Waals surface area contributed by atoms with Crippen molar-refractivity contribution in [2.45, 2.75) is 12.8 Å².